The standard InChI is InChI=1S/C18H23N3O3S2/c1-3-21(13-7-8-26(23,24)11-13)17(22)10-25-18-15(9-19)12(2)14-5-4-6-16(14)20-18/h13H,3-8,10-11H2,1-2H3/t13-/m0/s1. The highest BCUT2D eigenvalue weighted by molar-refractivity contribution is 8.00. The van der Waals surface area contributed by atoms with Crippen LogP contribution in [0.5, 0.6) is 0 Å². The Morgan fingerprint density at radius 3 is 2.81 bits per heavy atom. The second kappa shape index (κ2) is 7.57. The molecule has 0 aromatic carbocycles. The van der Waals surface area contributed by atoms with Gasteiger partial charge in [-0.1, -0.05) is 11.8 Å². The van der Waals surface area contributed by atoms with Crippen molar-refractivity contribution in [1.29, 1.82) is 5.26 Å². The number of sulfone groups is 1. The summed E-state index contributed by atoms with van der Waals surface area (Å²) in [6.07, 6.45) is 3.45. The van der Waals surface area contributed by atoms with E-state index in [0.717, 1.165) is 30.5 Å². The third-order valence-electron chi connectivity index (χ3n) is 5.22. The molecule has 3 rings (SSSR count). The lowest BCUT2D eigenvalue weighted by Gasteiger charge is -2.26. The molecule has 0 radical (unpaired) electrons. The lowest BCUT2D eigenvalue weighted by Crippen LogP contribution is -2.42. The molecule has 6 nitrogen and oxygen atoms in total. The van der Waals surface area contributed by atoms with Crippen LogP contribution in [0.15, 0.2) is 5.03 Å². The monoisotopic (exact) mass is 393 g/mol. The zero-order chi connectivity index (χ0) is 18.9. The number of amides is 1. The van der Waals surface area contributed by atoms with E-state index in [2.05, 4.69) is 11.1 Å². The highest BCUT2D eigenvalue weighted by Gasteiger charge is 2.34. The van der Waals surface area contributed by atoms with Gasteiger partial charge < -0.3 is 4.90 Å². The van der Waals surface area contributed by atoms with E-state index in [0.29, 0.717) is 23.6 Å². The highest BCUT2D eigenvalue weighted by atomic mass is 32.2. The number of thioether (sulfide) groups is 1. The summed E-state index contributed by atoms with van der Waals surface area (Å²) in [6.45, 7) is 4.31. The number of carbonyl (C=O) groups is 1. The van der Waals surface area contributed by atoms with Crippen molar-refractivity contribution in [1.82, 2.24) is 9.88 Å². The molecule has 1 atom stereocenters. The van der Waals surface area contributed by atoms with Crippen LogP contribution in [0.4, 0.5) is 0 Å². The van der Waals surface area contributed by atoms with Crippen molar-refractivity contribution >= 4 is 27.5 Å². The average molecular weight is 394 g/mol. The normalized spacial score (nSPS) is 20.6. The van der Waals surface area contributed by atoms with E-state index in [9.17, 15) is 18.5 Å². The van der Waals surface area contributed by atoms with Crippen LogP contribution in [0.1, 0.15) is 42.1 Å². The largest absolute Gasteiger partial charge is 0.338 e. The number of aryl methyl sites for hydroxylation is 1. The molecular formula is C18H23N3O3S2. The molecule has 1 aromatic rings. The van der Waals surface area contributed by atoms with Gasteiger partial charge in [0.2, 0.25) is 5.91 Å². The quantitative estimate of drug-likeness (QED) is 0.710. The second-order valence-corrected chi connectivity index (χ2v) is 10.0. The SMILES string of the molecule is CCN(C(=O)CSc1nc2c(c(C)c1C#N)CCC2)[C@H]1CCS(=O)(=O)C1. The Kier molecular flexibility index (Phi) is 5.58. The molecule has 8 heteroatoms. The molecule has 1 fully saturated rings. The van der Waals surface area contributed by atoms with Crippen LogP contribution in [0, 0.1) is 18.3 Å². The summed E-state index contributed by atoms with van der Waals surface area (Å²) in [4.78, 5) is 19.0. The predicted molar refractivity (Wildman–Crippen MR) is 101 cm³/mol. The van der Waals surface area contributed by atoms with E-state index < -0.39 is 9.84 Å². The summed E-state index contributed by atoms with van der Waals surface area (Å²) in [6, 6.07) is 2.01. The van der Waals surface area contributed by atoms with Crippen molar-refractivity contribution in [3.63, 3.8) is 0 Å². The van der Waals surface area contributed by atoms with Gasteiger partial charge in [0, 0.05) is 18.3 Å². The van der Waals surface area contributed by atoms with E-state index in [-0.39, 0.29) is 29.2 Å². The van der Waals surface area contributed by atoms with Crippen LogP contribution in [0.25, 0.3) is 0 Å². The number of hydrogen-bond donors (Lipinski definition) is 0. The van der Waals surface area contributed by atoms with Gasteiger partial charge in [-0.05, 0) is 50.7 Å². The number of nitrogens with zero attached hydrogens (tertiary/aromatic N) is 3. The van der Waals surface area contributed by atoms with E-state index in [1.807, 2.05) is 13.8 Å². The number of hydrogen-bond acceptors (Lipinski definition) is 6. The molecule has 2 heterocycles. The molecule has 1 aromatic heterocycles. The molecule has 0 spiro atoms. The topological polar surface area (TPSA) is 91.1 Å². The maximum absolute atomic E-state index is 12.7. The zero-order valence-electron chi connectivity index (χ0n) is 15.1. The third-order valence-corrected chi connectivity index (χ3v) is 7.93. The second-order valence-electron chi connectivity index (χ2n) is 6.83. The molecule has 26 heavy (non-hydrogen) atoms. The van der Waals surface area contributed by atoms with Crippen LogP contribution >= 0.6 is 11.8 Å². The van der Waals surface area contributed by atoms with Crippen molar-refractivity contribution in [2.45, 2.75) is 50.6 Å². The first-order valence-corrected chi connectivity index (χ1v) is 11.7. The highest BCUT2D eigenvalue weighted by Crippen LogP contribution is 2.32. The summed E-state index contributed by atoms with van der Waals surface area (Å²) in [5.41, 5.74) is 3.78. The molecule has 0 bridgehead atoms. The lowest BCUT2D eigenvalue weighted by molar-refractivity contribution is -0.129. The molecule has 1 saturated heterocycles. The molecule has 140 valence electrons. The van der Waals surface area contributed by atoms with Crippen LogP contribution in [-0.4, -0.2) is 54.1 Å². The third kappa shape index (κ3) is 3.74. The van der Waals surface area contributed by atoms with Crippen LogP contribution in [0.2, 0.25) is 0 Å². The molecule has 1 aliphatic carbocycles. The number of carbonyl (C=O) groups excluding carboxylic acids is 1. The Labute approximate surface area is 158 Å². The van der Waals surface area contributed by atoms with Crippen molar-refractivity contribution < 1.29 is 13.2 Å². The van der Waals surface area contributed by atoms with Gasteiger partial charge in [0.05, 0.1) is 22.8 Å². The van der Waals surface area contributed by atoms with Gasteiger partial charge in [-0.15, -0.1) is 0 Å². The zero-order valence-corrected chi connectivity index (χ0v) is 16.8. The van der Waals surface area contributed by atoms with Gasteiger partial charge in [0.15, 0.2) is 9.84 Å². The Hall–Kier alpha value is -1.59. The minimum Gasteiger partial charge on any atom is -0.338 e. The van der Waals surface area contributed by atoms with E-state index in [1.165, 1.54) is 17.3 Å². The Morgan fingerprint density at radius 1 is 1.42 bits per heavy atom. The number of fused-ring (bicyclic) bond motifs is 1. The van der Waals surface area contributed by atoms with Crippen molar-refractivity contribution in [2.75, 3.05) is 23.8 Å². The molecule has 0 N–H and O–H groups in total. The van der Waals surface area contributed by atoms with E-state index >= 15 is 0 Å². The fourth-order valence-electron chi connectivity index (χ4n) is 3.85. The molecule has 0 unspecified atom stereocenters. The lowest BCUT2D eigenvalue weighted by atomic mass is 10.0. The number of aromatic nitrogens is 1. The first-order valence-electron chi connectivity index (χ1n) is 8.91. The van der Waals surface area contributed by atoms with Crippen molar-refractivity contribution in [3.05, 3.63) is 22.4 Å². The number of pyridine rings is 1. The smallest absolute Gasteiger partial charge is 0.233 e. The van der Waals surface area contributed by atoms with Gasteiger partial charge >= 0.3 is 0 Å². The van der Waals surface area contributed by atoms with Crippen LogP contribution in [-0.2, 0) is 27.5 Å². The van der Waals surface area contributed by atoms with Gasteiger partial charge in [0.25, 0.3) is 0 Å². The summed E-state index contributed by atoms with van der Waals surface area (Å²) in [5, 5.41) is 10.1. The van der Waals surface area contributed by atoms with Gasteiger partial charge in [-0.25, -0.2) is 13.4 Å². The van der Waals surface area contributed by atoms with Gasteiger partial charge in [0.1, 0.15) is 11.1 Å². The summed E-state index contributed by atoms with van der Waals surface area (Å²) in [5.74, 6) is 0.281. The van der Waals surface area contributed by atoms with Gasteiger partial charge in [-0.3, -0.25) is 4.79 Å². The van der Waals surface area contributed by atoms with Crippen LogP contribution in [0.3, 0.4) is 0 Å². The fraction of sp³-hybridized carbons (Fsp3) is 0.611. The fourth-order valence-corrected chi connectivity index (χ4v) is 6.53. The maximum Gasteiger partial charge on any atom is 0.233 e. The first-order chi connectivity index (χ1) is 12.4. The first kappa shape index (κ1) is 19.2. The Morgan fingerprint density at radius 2 is 2.19 bits per heavy atom. The Balaban J connectivity index is 1.73. The summed E-state index contributed by atoms with van der Waals surface area (Å²) in [7, 11) is -3.03. The summed E-state index contributed by atoms with van der Waals surface area (Å²) < 4.78 is 23.4. The van der Waals surface area contributed by atoms with Crippen molar-refractivity contribution in [2.24, 2.45) is 0 Å². The summed E-state index contributed by atoms with van der Waals surface area (Å²) >= 11 is 1.29. The molecule has 0 saturated carbocycles. The average Bonchev–Trinajstić information content (AvgIpc) is 3.20. The minimum absolute atomic E-state index is 0.0525. The minimum atomic E-state index is -3.03. The molecule has 2 aliphatic rings. The number of nitriles is 1. The van der Waals surface area contributed by atoms with Gasteiger partial charge in [-0.2, -0.15) is 5.26 Å². The van der Waals surface area contributed by atoms with Crippen molar-refractivity contribution in [3.8, 4) is 6.07 Å². The molecular weight excluding hydrogens is 370 g/mol. The molecule has 1 amide bonds. The predicted octanol–water partition coefficient (Wildman–Crippen LogP) is 1.88. The van der Waals surface area contributed by atoms with Crippen LogP contribution < -0.4 is 0 Å². The molecule has 1 aliphatic heterocycles. The maximum atomic E-state index is 12.7. The number of rotatable bonds is 5. The van der Waals surface area contributed by atoms with E-state index in [4.69, 9.17) is 0 Å². The Bertz CT molecular complexity index is 875. The van der Waals surface area contributed by atoms with E-state index in [1.54, 1.807) is 4.90 Å².